The lowest BCUT2D eigenvalue weighted by Gasteiger charge is -2.13. The Hall–Kier alpha value is -1.84. The highest BCUT2D eigenvalue weighted by Gasteiger charge is 2.30. The smallest absolute Gasteiger partial charge is 0.127 e. The van der Waals surface area contributed by atoms with E-state index in [0.29, 0.717) is 25.0 Å². The molecule has 3 heteroatoms. The minimum absolute atomic E-state index is 0.224. The zero-order chi connectivity index (χ0) is 15.2. The van der Waals surface area contributed by atoms with Gasteiger partial charge >= 0.3 is 0 Å². The van der Waals surface area contributed by atoms with Crippen molar-refractivity contribution >= 4 is 0 Å². The van der Waals surface area contributed by atoms with Crippen molar-refractivity contribution in [3.63, 3.8) is 0 Å². The van der Waals surface area contributed by atoms with E-state index in [1.165, 1.54) is 12.8 Å². The fourth-order valence-electron chi connectivity index (χ4n) is 2.56. The van der Waals surface area contributed by atoms with Gasteiger partial charge in [-0.2, -0.15) is 0 Å². The van der Waals surface area contributed by atoms with E-state index in [-0.39, 0.29) is 6.61 Å². The topological polar surface area (TPSA) is 38.7 Å². The molecule has 1 saturated carbocycles. The number of aliphatic hydroxyl groups excluding tert-OH is 1. The van der Waals surface area contributed by atoms with E-state index >= 15 is 0 Å². The molecular weight excluding hydrogens is 276 g/mol. The van der Waals surface area contributed by atoms with Crippen LogP contribution in [0.2, 0.25) is 0 Å². The summed E-state index contributed by atoms with van der Waals surface area (Å²) < 4.78 is 11.6. The lowest BCUT2D eigenvalue weighted by atomic mass is 10.1. The number of benzene rings is 2. The number of rotatable bonds is 8. The number of para-hydroxylation sites is 1. The summed E-state index contributed by atoms with van der Waals surface area (Å²) >= 11 is 0. The largest absolute Gasteiger partial charge is 0.457 e. The SMILES string of the molecule is OCC(COCc1cccc(Oc2ccccc2)c1)C1CC1. The number of hydrogen-bond donors (Lipinski definition) is 1. The van der Waals surface area contributed by atoms with Gasteiger partial charge in [0.2, 0.25) is 0 Å². The fourth-order valence-corrected chi connectivity index (χ4v) is 2.56. The molecule has 1 N–H and O–H groups in total. The van der Waals surface area contributed by atoms with E-state index in [0.717, 1.165) is 17.1 Å². The van der Waals surface area contributed by atoms with Gasteiger partial charge in [0.25, 0.3) is 0 Å². The Morgan fingerprint density at radius 1 is 1.00 bits per heavy atom. The lowest BCUT2D eigenvalue weighted by Crippen LogP contribution is -2.15. The van der Waals surface area contributed by atoms with Crippen molar-refractivity contribution in [1.29, 1.82) is 0 Å². The predicted octanol–water partition coefficient (Wildman–Crippen LogP) is 4.01. The third-order valence-corrected chi connectivity index (χ3v) is 4.00. The second-order valence-corrected chi connectivity index (χ2v) is 5.86. The van der Waals surface area contributed by atoms with Crippen molar-refractivity contribution in [2.45, 2.75) is 19.4 Å². The highest BCUT2D eigenvalue weighted by molar-refractivity contribution is 5.33. The standard InChI is InChI=1S/C19H22O3/c20-12-17(16-9-10-16)14-21-13-15-5-4-8-19(11-15)22-18-6-2-1-3-7-18/h1-8,11,16-17,20H,9-10,12-14H2. The van der Waals surface area contributed by atoms with Crippen LogP contribution in [0.5, 0.6) is 11.5 Å². The van der Waals surface area contributed by atoms with Gasteiger partial charge in [-0.3, -0.25) is 0 Å². The lowest BCUT2D eigenvalue weighted by molar-refractivity contribution is 0.0544. The van der Waals surface area contributed by atoms with E-state index in [4.69, 9.17) is 9.47 Å². The summed E-state index contributed by atoms with van der Waals surface area (Å²) in [5.41, 5.74) is 1.08. The summed E-state index contributed by atoms with van der Waals surface area (Å²) in [6.07, 6.45) is 2.46. The van der Waals surface area contributed by atoms with Gasteiger partial charge < -0.3 is 14.6 Å². The zero-order valence-electron chi connectivity index (χ0n) is 12.7. The summed E-state index contributed by atoms with van der Waals surface area (Å²) in [7, 11) is 0. The van der Waals surface area contributed by atoms with E-state index in [1.807, 2.05) is 54.6 Å². The maximum Gasteiger partial charge on any atom is 0.127 e. The molecule has 0 saturated heterocycles. The predicted molar refractivity (Wildman–Crippen MR) is 85.9 cm³/mol. The average Bonchev–Trinajstić information content (AvgIpc) is 3.38. The average molecular weight is 298 g/mol. The van der Waals surface area contributed by atoms with Gasteiger partial charge in [0, 0.05) is 12.5 Å². The van der Waals surface area contributed by atoms with Crippen LogP contribution in [0.25, 0.3) is 0 Å². The third-order valence-electron chi connectivity index (χ3n) is 4.00. The summed E-state index contributed by atoms with van der Waals surface area (Å²) in [4.78, 5) is 0. The minimum atomic E-state index is 0.224. The first-order chi connectivity index (χ1) is 10.8. The molecule has 0 bridgehead atoms. The van der Waals surface area contributed by atoms with Gasteiger partial charge in [-0.05, 0) is 48.6 Å². The quantitative estimate of drug-likeness (QED) is 0.800. The molecule has 0 spiro atoms. The molecule has 116 valence electrons. The normalized spacial score (nSPS) is 15.5. The Morgan fingerprint density at radius 3 is 2.50 bits per heavy atom. The van der Waals surface area contributed by atoms with Crippen molar-refractivity contribution in [2.75, 3.05) is 13.2 Å². The van der Waals surface area contributed by atoms with Gasteiger partial charge in [-0.15, -0.1) is 0 Å². The highest BCUT2D eigenvalue weighted by Crippen LogP contribution is 2.36. The molecule has 0 aliphatic heterocycles. The number of hydrogen-bond acceptors (Lipinski definition) is 3. The molecule has 3 nitrogen and oxygen atoms in total. The molecule has 3 rings (SSSR count). The van der Waals surface area contributed by atoms with Crippen LogP contribution in [-0.4, -0.2) is 18.3 Å². The molecule has 22 heavy (non-hydrogen) atoms. The summed E-state index contributed by atoms with van der Waals surface area (Å²) in [5.74, 6) is 2.60. The number of aliphatic hydroxyl groups is 1. The molecule has 0 amide bonds. The summed E-state index contributed by atoms with van der Waals surface area (Å²) in [6, 6.07) is 17.7. The Morgan fingerprint density at radius 2 is 1.77 bits per heavy atom. The Bertz CT molecular complexity index is 578. The highest BCUT2D eigenvalue weighted by atomic mass is 16.5. The first kappa shape index (κ1) is 15.1. The maximum absolute atomic E-state index is 9.34. The van der Waals surface area contributed by atoms with Gasteiger partial charge in [0.1, 0.15) is 11.5 Å². The van der Waals surface area contributed by atoms with Gasteiger partial charge in [0.05, 0.1) is 13.2 Å². The van der Waals surface area contributed by atoms with Crippen LogP contribution in [0.1, 0.15) is 18.4 Å². The van der Waals surface area contributed by atoms with Crippen LogP contribution in [0, 0.1) is 11.8 Å². The molecular formula is C19H22O3. The molecule has 0 aromatic heterocycles. The molecule has 0 heterocycles. The molecule has 2 aromatic rings. The van der Waals surface area contributed by atoms with E-state index in [2.05, 4.69) is 0 Å². The van der Waals surface area contributed by atoms with Crippen LogP contribution in [-0.2, 0) is 11.3 Å². The first-order valence-electron chi connectivity index (χ1n) is 7.85. The summed E-state index contributed by atoms with van der Waals surface area (Å²) in [6.45, 7) is 1.40. The molecule has 2 aromatic carbocycles. The molecule has 1 aliphatic rings. The summed E-state index contributed by atoms with van der Waals surface area (Å²) in [5, 5.41) is 9.34. The van der Waals surface area contributed by atoms with Gasteiger partial charge in [-0.25, -0.2) is 0 Å². The third kappa shape index (κ3) is 4.33. The number of ether oxygens (including phenoxy) is 2. The van der Waals surface area contributed by atoms with Gasteiger partial charge in [0.15, 0.2) is 0 Å². The van der Waals surface area contributed by atoms with Crippen LogP contribution < -0.4 is 4.74 Å². The minimum Gasteiger partial charge on any atom is -0.457 e. The second kappa shape index (κ2) is 7.43. The molecule has 1 atom stereocenters. The molecule has 1 fully saturated rings. The van der Waals surface area contributed by atoms with Crippen LogP contribution in [0.3, 0.4) is 0 Å². The molecule has 0 radical (unpaired) electrons. The van der Waals surface area contributed by atoms with Crippen molar-refractivity contribution in [3.05, 3.63) is 60.2 Å². The van der Waals surface area contributed by atoms with Gasteiger partial charge in [-0.1, -0.05) is 30.3 Å². The molecule has 1 unspecified atom stereocenters. The van der Waals surface area contributed by atoms with E-state index in [9.17, 15) is 5.11 Å². The Labute approximate surface area is 131 Å². The van der Waals surface area contributed by atoms with Crippen LogP contribution in [0.15, 0.2) is 54.6 Å². The van der Waals surface area contributed by atoms with E-state index < -0.39 is 0 Å². The maximum atomic E-state index is 9.34. The van der Waals surface area contributed by atoms with Crippen molar-refractivity contribution < 1.29 is 14.6 Å². The van der Waals surface area contributed by atoms with E-state index in [1.54, 1.807) is 0 Å². The van der Waals surface area contributed by atoms with Crippen molar-refractivity contribution in [1.82, 2.24) is 0 Å². The Balaban J connectivity index is 1.52. The van der Waals surface area contributed by atoms with Crippen LogP contribution >= 0.6 is 0 Å². The molecule has 1 aliphatic carbocycles. The van der Waals surface area contributed by atoms with Crippen LogP contribution in [0.4, 0.5) is 0 Å². The monoisotopic (exact) mass is 298 g/mol. The zero-order valence-corrected chi connectivity index (χ0v) is 12.7. The second-order valence-electron chi connectivity index (χ2n) is 5.86. The first-order valence-corrected chi connectivity index (χ1v) is 7.85. The van der Waals surface area contributed by atoms with Crippen molar-refractivity contribution in [2.24, 2.45) is 11.8 Å². The fraction of sp³-hybridized carbons (Fsp3) is 0.368. The van der Waals surface area contributed by atoms with Crippen molar-refractivity contribution in [3.8, 4) is 11.5 Å². The Kier molecular flexibility index (Phi) is 5.09.